The summed E-state index contributed by atoms with van der Waals surface area (Å²) < 4.78 is 0. The molecule has 0 bridgehead atoms. The summed E-state index contributed by atoms with van der Waals surface area (Å²) in [7, 11) is 1.63. The number of aliphatic hydroxyl groups is 1. The second-order valence-corrected chi connectivity index (χ2v) is 8.34. The number of pyridine rings is 1. The van der Waals surface area contributed by atoms with Crippen molar-refractivity contribution in [1.82, 2.24) is 20.3 Å². The van der Waals surface area contributed by atoms with Crippen molar-refractivity contribution in [3.63, 3.8) is 0 Å². The summed E-state index contributed by atoms with van der Waals surface area (Å²) in [6.45, 7) is 2.79. The van der Waals surface area contributed by atoms with Crippen LogP contribution in [0.1, 0.15) is 33.6 Å². The third-order valence-electron chi connectivity index (χ3n) is 5.13. The van der Waals surface area contributed by atoms with Gasteiger partial charge in [0, 0.05) is 42.0 Å². The molecule has 4 rings (SSSR count). The first-order valence-electron chi connectivity index (χ1n) is 9.96. The molecule has 0 aliphatic carbocycles. The van der Waals surface area contributed by atoms with Crippen LogP contribution in [0, 0.1) is 0 Å². The number of carbonyl (C=O) groups excluding carboxylic acids is 1. The highest BCUT2D eigenvalue weighted by molar-refractivity contribution is 7.15. The Morgan fingerprint density at radius 3 is 2.81 bits per heavy atom. The normalized spacial score (nSPS) is 12.0. The van der Waals surface area contributed by atoms with Crippen LogP contribution in [0.5, 0.6) is 0 Å². The van der Waals surface area contributed by atoms with Gasteiger partial charge in [-0.3, -0.25) is 9.78 Å². The number of amides is 1. The van der Waals surface area contributed by atoms with Gasteiger partial charge in [-0.1, -0.05) is 25.1 Å². The molecule has 1 aromatic carbocycles. The van der Waals surface area contributed by atoms with Crippen molar-refractivity contribution >= 4 is 34.0 Å². The first-order chi connectivity index (χ1) is 15.1. The summed E-state index contributed by atoms with van der Waals surface area (Å²) in [6, 6.07) is 13.4. The van der Waals surface area contributed by atoms with E-state index in [-0.39, 0.29) is 18.4 Å². The highest BCUT2D eigenvalue weighted by atomic mass is 32.1. The number of para-hydroxylation sites is 1. The van der Waals surface area contributed by atoms with Gasteiger partial charge in [0.25, 0.3) is 5.91 Å². The Morgan fingerprint density at radius 1 is 1.16 bits per heavy atom. The topological polar surface area (TPSA) is 100 Å². The van der Waals surface area contributed by atoms with Gasteiger partial charge in [0.15, 0.2) is 0 Å². The number of fused-ring (bicyclic) bond motifs is 1. The Morgan fingerprint density at radius 2 is 2.03 bits per heavy atom. The molecule has 4 aromatic rings. The summed E-state index contributed by atoms with van der Waals surface area (Å²) in [5.74, 6) is 0.745. The lowest BCUT2D eigenvalue weighted by molar-refractivity contribution is 0.0964. The number of nitrogens with zero attached hydrogens (tertiary/aromatic N) is 3. The van der Waals surface area contributed by atoms with E-state index in [4.69, 9.17) is 0 Å². The van der Waals surface area contributed by atoms with Crippen LogP contribution in [0.25, 0.3) is 21.5 Å². The zero-order valence-corrected chi connectivity index (χ0v) is 18.1. The maximum absolute atomic E-state index is 12.2. The molecule has 0 aliphatic rings. The van der Waals surface area contributed by atoms with E-state index in [9.17, 15) is 9.90 Å². The van der Waals surface area contributed by atoms with Gasteiger partial charge >= 0.3 is 0 Å². The molecule has 0 radical (unpaired) electrons. The van der Waals surface area contributed by atoms with Crippen molar-refractivity contribution in [2.45, 2.75) is 19.4 Å². The van der Waals surface area contributed by atoms with E-state index in [0.29, 0.717) is 12.1 Å². The highest BCUT2D eigenvalue weighted by Gasteiger charge is 2.15. The molecule has 0 saturated heterocycles. The van der Waals surface area contributed by atoms with E-state index < -0.39 is 0 Å². The number of rotatable bonds is 7. The van der Waals surface area contributed by atoms with Crippen LogP contribution >= 0.6 is 11.3 Å². The standard InChI is InChI=1S/C23H23N5O2S/c1-14(16-4-3-5-17-18(23(30)24-2)8-9-25-22(16)17)11-26-21-10-19(27-13-28-21)20-7-6-15(12-29)31-20/h3-10,13-14,29H,11-12H2,1-2H3,(H,24,30)(H,26,27,28). The van der Waals surface area contributed by atoms with E-state index in [1.807, 2.05) is 36.4 Å². The Kier molecular flexibility index (Phi) is 6.20. The van der Waals surface area contributed by atoms with Crippen molar-refractivity contribution in [3.05, 3.63) is 71.0 Å². The summed E-state index contributed by atoms with van der Waals surface area (Å²) >= 11 is 1.51. The third-order valence-corrected chi connectivity index (χ3v) is 6.22. The van der Waals surface area contributed by atoms with Crippen LogP contribution in [0.15, 0.2) is 55.0 Å². The number of hydrogen-bond donors (Lipinski definition) is 3. The second kappa shape index (κ2) is 9.20. The molecule has 31 heavy (non-hydrogen) atoms. The first-order valence-corrected chi connectivity index (χ1v) is 10.8. The van der Waals surface area contributed by atoms with Crippen molar-refractivity contribution < 1.29 is 9.90 Å². The number of anilines is 1. The molecule has 0 saturated carbocycles. The molecule has 3 N–H and O–H groups in total. The fourth-order valence-electron chi connectivity index (χ4n) is 3.49. The first kappa shape index (κ1) is 20.9. The molecule has 0 aliphatic heterocycles. The van der Waals surface area contributed by atoms with Crippen molar-refractivity contribution in [1.29, 1.82) is 0 Å². The van der Waals surface area contributed by atoms with Crippen molar-refractivity contribution in [2.75, 3.05) is 18.9 Å². The maximum Gasteiger partial charge on any atom is 0.251 e. The summed E-state index contributed by atoms with van der Waals surface area (Å²) in [4.78, 5) is 27.3. The molecule has 7 nitrogen and oxygen atoms in total. The maximum atomic E-state index is 12.2. The number of nitrogens with one attached hydrogen (secondary N) is 2. The summed E-state index contributed by atoms with van der Waals surface area (Å²) in [5.41, 5.74) is 3.33. The lowest BCUT2D eigenvalue weighted by Gasteiger charge is -2.16. The Hall–Kier alpha value is -3.36. The van der Waals surface area contributed by atoms with E-state index in [1.54, 1.807) is 19.3 Å². The predicted molar refractivity (Wildman–Crippen MR) is 123 cm³/mol. The van der Waals surface area contributed by atoms with Crippen LogP contribution in [-0.4, -0.2) is 39.6 Å². The SMILES string of the molecule is CNC(=O)c1ccnc2c(C(C)CNc3cc(-c4ccc(CO)s4)ncn3)cccc12. The van der Waals surface area contributed by atoms with Crippen LogP contribution in [0.2, 0.25) is 0 Å². The van der Waals surface area contributed by atoms with Gasteiger partial charge in [0.1, 0.15) is 12.1 Å². The Labute approximate surface area is 184 Å². The number of benzene rings is 1. The molecule has 0 fully saturated rings. The van der Waals surface area contributed by atoms with Gasteiger partial charge in [-0.25, -0.2) is 9.97 Å². The van der Waals surface area contributed by atoms with E-state index in [0.717, 1.165) is 37.7 Å². The number of aromatic nitrogens is 3. The molecule has 0 spiro atoms. The molecule has 1 unspecified atom stereocenters. The lowest BCUT2D eigenvalue weighted by Crippen LogP contribution is -2.18. The molecule has 3 heterocycles. The molecular weight excluding hydrogens is 410 g/mol. The molecule has 158 valence electrons. The highest BCUT2D eigenvalue weighted by Crippen LogP contribution is 2.29. The zero-order chi connectivity index (χ0) is 21.8. The van der Waals surface area contributed by atoms with E-state index in [1.165, 1.54) is 17.7 Å². The fraction of sp³-hybridized carbons (Fsp3) is 0.217. The van der Waals surface area contributed by atoms with Crippen LogP contribution in [-0.2, 0) is 6.61 Å². The minimum atomic E-state index is -0.123. The molecule has 1 atom stereocenters. The molecule has 3 aromatic heterocycles. The van der Waals surface area contributed by atoms with Gasteiger partial charge in [-0.15, -0.1) is 11.3 Å². The average molecular weight is 434 g/mol. The number of carbonyl (C=O) groups is 1. The molecule has 1 amide bonds. The quantitative estimate of drug-likeness (QED) is 0.410. The molecule has 8 heteroatoms. The smallest absolute Gasteiger partial charge is 0.251 e. The minimum Gasteiger partial charge on any atom is -0.391 e. The van der Waals surface area contributed by atoms with Crippen molar-refractivity contribution in [2.24, 2.45) is 0 Å². The van der Waals surface area contributed by atoms with Gasteiger partial charge in [-0.2, -0.15) is 0 Å². The van der Waals surface area contributed by atoms with Gasteiger partial charge < -0.3 is 15.7 Å². The molecular formula is C23H23N5O2S. The van der Waals surface area contributed by atoms with Crippen LogP contribution in [0.3, 0.4) is 0 Å². The van der Waals surface area contributed by atoms with E-state index >= 15 is 0 Å². The minimum absolute atomic E-state index is 0.0269. The van der Waals surface area contributed by atoms with Gasteiger partial charge in [0.05, 0.1) is 28.3 Å². The van der Waals surface area contributed by atoms with Crippen molar-refractivity contribution in [3.8, 4) is 10.6 Å². The number of hydrogen-bond acceptors (Lipinski definition) is 7. The average Bonchev–Trinajstić information content (AvgIpc) is 3.31. The predicted octanol–water partition coefficient (Wildman–Crippen LogP) is 3.82. The van der Waals surface area contributed by atoms with Gasteiger partial charge in [-0.05, 0) is 23.8 Å². The summed E-state index contributed by atoms with van der Waals surface area (Å²) in [5, 5.41) is 16.2. The largest absolute Gasteiger partial charge is 0.391 e. The summed E-state index contributed by atoms with van der Waals surface area (Å²) in [6.07, 6.45) is 3.21. The van der Waals surface area contributed by atoms with Crippen LogP contribution < -0.4 is 10.6 Å². The van der Waals surface area contributed by atoms with Crippen LogP contribution in [0.4, 0.5) is 5.82 Å². The third kappa shape index (κ3) is 4.40. The zero-order valence-electron chi connectivity index (χ0n) is 17.3. The second-order valence-electron chi connectivity index (χ2n) is 7.18. The fourth-order valence-corrected chi connectivity index (χ4v) is 4.32. The Bertz CT molecular complexity index is 1220. The monoisotopic (exact) mass is 433 g/mol. The lowest BCUT2D eigenvalue weighted by atomic mass is 9.96. The number of aliphatic hydroxyl groups excluding tert-OH is 1. The Balaban J connectivity index is 1.54. The van der Waals surface area contributed by atoms with Gasteiger partial charge in [0.2, 0.25) is 0 Å². The number of thiophene rings is 1. The van der Waals surface area contributed by atoms with E-state index in [2.05, 4.69) is 32.5 Å².